The van der Waals surface area contributed by atoms with Crippen LogP contribution in [-0.2, 0) is 4.79 Å². The van der Waals surface area contributed by atoms with Crippen molar-refractivity contribution in [2.45, 2.75) is 0 Å². The van der Waals surface area contributed by atoms with Gasteiger partial charge in [0.15, 0.2) is 0 Å². The molecule has 1 N–H and O–H groups in total. The average molecular weight is 309 g/mol. The fraction of sp³-hybridized carbons (Fsp3) is 0.111. The summed E-state index contributed by atoms with van der Waals surface area (Å²) in [6.45, 7) is 0. The molecule has 5 nitrogen and oxygen atoms in total. The molecule has 0 saturated carbocycles. The van der Waals surface area contributed by atoms with E-state index in [1.165, 1.54) is 7.11 Å². The van der Waals surface area contributed by atoms with Gasteiger partial charge in [-0.25, -0.2) is 0 Å². The Balaban J connectivity index is 1.98. The van der Waals surface area contributed by atoms with E-state index < -0.39 is 5.91 Å². The fourth-order valence-corrected chi connectivity index (χ4v) is 2.39. The monoisotopic (exact) mass is 309 g/mol. The third-order valence-corrected chi connectivity index (χ3v) is 3.64. The van der Waals surface area contributed by atoms with Crippen molar-refractivity contribution in [1.29, 1.82) is 0 Å². The zero-order valence-electron chi connectivity index (χ0n) is 12.8. The maximum absolute atomic E-state index is 12.6. The first kappa shape index (κ1) is 14.8. The predicted octanol–water partition coefficient (Wildman–Crippen LogP) is 2.92. The Bertz CT molecular complexity index is 806. The molecule has 0 bridgehead atoms. The largest absolute Gasteiger partial charge is 0.497 e. The number of nitrogens with one attached hydrogen (secondary N) is 1. The number of Topliss-reactive ketones (excluding diaryl/α,β-unsaturated/α-hetero) is 1. The van der Waals surface area contributed by atoms with Gasteiger partial charge < -0.3 is 14.8 Å². The van der Waals surface area contributed by atoms with Gasteiger partial charge in [-0.2, -0.15) is 0 Å². The van der Waals surface area contributed by atoms with Crippen LogP contribution in [0.1, 0.15) is 15.9 Å². The molecule has 0 spiro atoms. The van der Waals surface area contributed by atoms with Crippen LogP contribution in [0.25, 0.3) is 6.08 Å². The van der Waals surface area contributed by atoms with Crippen LogP contribution >= 0.6 is 0 Å². The first-order chi connectivity index (χ1) is 11.1. The molecular weight excluding hydrogens is 294 g/mol. The fourth-order valence-electron chi connectivity index (χ4n) is 2.39. The SMILES string of the molecule is COc1ccc(/C=C2\C(=O)Nc3cc(OC)ccc3C2=O)cc1. The van der Waals surface area contributed by atoms with Crippen molar-refractivity contribution in [1.82, 2.24) is 0 Å². The maximum atomic E-state index is 12.6. The lowest BCUT2D eigenvalue weighted by Gasteiger charge is -2.18. The number of amides is 1. The molecule has 116 valence electrons. The molecule has 1 amide bonds. The summed E-state index contributed by atoms with van der Waals surface area (Å²) in [5.74, 6) is 0.567. The first-order valence-corrected chi connectivity index (χ1v) is 7.02. The van der Waals surface area contributed by atoms with Gasteiger partial charge in [-0.05, 0) is 35.9 Å². The van der Waals surface area contributed by atoms with Gasteiger partial charge in [-0.3, -0.25) is 9.59 Å². The molecular formula is C18H15NO4. The van der Waals surface area contributed by atoms with Crippen LogP contribution in [0.3, 0.4) is 0 Å². The third-order valence-electron chi connectivity index (χ3n) is 3.64. The van der Waals surface area contributed by atoms with Crippen LogP contribution in [0.15, 0.2) is 48.0 Å². The molecule has 0 aliphatic carbocycles. The number of ether oxygens (including phenoxy) is 2. The summed E-state index contributed by atoms with van der Waals surface area (Å²) in [6, 6.07) is 12.1. The topological polar surface area (TPSA) is 64.6 Å². The standard InChI is InChI=1S/C18H15NO4/c1-22-12-5-3-11(4-6-12)9-15-17(20)14-8-7-13(23-2)10-16(14)19-18(15)21/h3-10H,1-2H3,(H,19,21)/b15-9-. The molecule has 5 heteroatoms. The summed E-state index contributed by atoms with van der Waals surface area (Å²) in [6.07, 6.45) is 1.57. The molecule has 3 rings (SSSR count). The summed E-state index contributed by atoms with van der Waals surface area (Å²) in [5, 5.41) is 2.73. The molecule has 0 unspecified atom stereocenters. The molecule has 0 radical (unpaired) electrons. The van der Waals surface area contributed by atoms with Crippen molar-refractivity contribution in [2.24, 2.45) is 0 Å². The van der Waals surface area contributed by atoms with Crippen molar-refractivity contribution >= 4 is 23.5 Å². The van der Waals surface area contributed by atoms with Gasteiger partial charge >= 0.3 is 0 Å². The smallest absolute Gasteiger partial charge is 0.259 e. The van der Waals surface area contributed by atoms with Gasteiger partial charge in [0.05, 0.1) is 25.5 Å². The highest BCUT2D eigenvalue weighted by molar-refractivity contribution is 6.36. The molecule has 23 heavy (non-hydrogen) atoms. The summed E-state index contributed by atoms with van der Waals surface area (Å²) in [5.41, 5.74) is 1.77. The number of carbonyl (C=O) groups is 2. The Morgan fingerprint density at radius 1 is 0.913 bits per heavy atom. The van der Waals surface area contributed by atoms with Gasteiger partial charge in [0.1, 0.15) is 11.5 Å². The summed E-state index contributed by atoms with van der Waals surface area (Å²) >= 11 is 0. The van der Waals surface area contributed by atoms with E-state index in [0.29, 0.717) is 22.7 Å². The Kier molecular flexibility index (Phi) is 3.85. The zero-order chi connectivity index (χ0) is 16.4. The van der Waals surface area contributed by atoms with Gasteiger partial charge in [-0.15, -0.1) is 0 Å². The Morgan fingerprint density at radius 3 is 2.22 bits per heavy atom. The van der Waals surface area contributed by atoms with E-state index in [9.17, 15) is 9.59 Å². The second kappa shape index (κ2) is 5.96. The number of ketones is 1. The minimum absolute atomic E-state index is 0.104. The van der Waals surface area contributed by atoms with E-state index in [4.69, 9.17) is 9.47 Å². The summed E-state index contributed by atoms with van der Waals surface area (Å²) < 4.78 is 10.2. The minimum atomic E-state index is -0.424. The van der Waals surface area contributed by atoms with E-state index in [-0.39, 0.29) is 11.4 Å². The number of rotatable bonds is 3. The van der Waals surface area contributed by atoms with Gasteiger partial charge in [0, 0.05) is 11.6 Å². The number of hydrogen-bond donors (Lipinski definition) is 1. The number of carbonyl (C=O) groups excluding carboxylic acids is 2. The molecule has 1 heterocycles. The van der Waals surface area contributed by atoms with Gasteiger partial charge in [0.2, 0.25) is 5.78 Å². The molecule has 2 aromatic carbocycles. The number of hydrogen-bond acceptors (Lipinski definition) is 4. The van der Waals surface area contributed by atoms with Crippen molar-refractivity contribution in [2.75, 3.05) is 19.5 Å². The number of methoxy groups -OCH3 is 2. The number of benzene rings is 2. The molecule has 0 fully saturated rings. The number of anilines is 1. The minimum Gasteiger partial charge on any atom is -0.497 e. The van der Waals surface area contributed by atoms with Crippen LogP contribution in [0.5, 0.6) is 11.5 Å². The van der Waals surface area contributed by atoms with Crippen LogP contribution in [0.4, 0.5) is 5.69 Å². The highest BCUT2D eigenvalue weighted by Gasteiger charge is 2.28. The Morgan fingerprint density at radius 2 is 1.57 bits per heavy atom. The van der Waals surface area contributed by atoms with Gasteiger partial charge in [0.25, 0.3) is 5.91 Å². The van der Waals surface area contributed by atoms with Crippen molar-refractivity contribution in [3.05, 3.63) is 59.2 Å². The Labute approximate surface area is 133 Å². The van der Waals surface area contributed by atoms with Crippen molar-refractivity contribution in [3.8, 4) is 11.5 Å². The third kappa shape index (κ3) is 2.81. The summed E-state index contributed by atoms with van der Waals surface area (Å²) in [7, 11) is 3.11. The normalized spacial score (nSPS) is 15.1. The lowest BCUT2D eigenvalue weighted by atomic mass is 9.95. The zero-order valence-corrected chi connectivity index (χ0v) is 12.8. The highest BCUT2D eigenvalue weighted by Crippen LogP contribution is 2.30. The van der Waals surface area contributed by atoms with Crippen LogP contribution in [0.2, 0.25) is 0 Å². The lowest BCUT2D eigenvalue weighted by Crippen LogP contribution is -2.27. The molecule has 0 saturated heterocycles. The first-order valence-electron chi connectivity index (χ1n) is 7.02. The molecule has 2 aromatic rings. The molecule has 0 aromatic heterocycles. The van der Waals surface area contributed by atoms with E-state index >= 15 is 0 Å². The molecule has 1 aliphatic heterocycles. The van der Waals surface area contributed by atoms with Gasteiger partial charge in [-0.1, -0.05) is 12.1 Å². The molecule has 0 atom stereocenters. The van der Waals surface area contributed by atoms with Crippen molar-refractivity contribution in [3.63, 3.8) is 0 Å². The summed E-state index contributed by atoms with van der Waals surface area (Å²) in [4.78, 5) is 24.8. The van der Waals surface area contributed by atoms with Crippen molar-refractivity contribution < 1.29 is 19.1 Å². The molecule has 1 aliphatic rings. The van der Waals surface area contributed by atoms with E-state index in [0.717, 1.165) is 5.56 Å². The van der Waals surface area contributed by atoms with Crippen LogP contribution in [-0.4, -0.2) is 25.9 Å². The van der Waals surface area contributed by atoms with Crippen LogP contribution in [0, 0.1) is 0 Å². The van der Waals surface area contributed by atoms with Crippen LogP contribution < -0.4 is 14.8 Å². The second-order valence-electron chi connectivity index (χ2n) is 5.03. The average Bonchev–Trinajstić information content (AvgIpc) is 2.58. The second-order valence-corrected chi connectivity index (χ2v) is 5.03. The Hall–Kier alpha value is -3.08. The quantitative estimate of drug-likeness (QED) is 0.699. The van der Waals surface area contributed by atoms with E-state index in [1.807, 2.05) is 0 Å². The van der Waals surface area contributed by atoms with E-state index in [2.05, 4.69) is 5.32 Å². The highest BCUT2D eigenvalue weighted by atomic mass is 16.5. The predicted molar refractivity (Wildman–Crippen MR) is 86.9 cm³/mol. The lowest BCUT2D eigenvalue weighted by molar-refractivity contribution is -0.112. The van der Waals surface area contributed by atoms with E-state index in [1.54, 1.807) is 55.7 Å². The maximum Gasteiger partial charge on any atom is 0.259 e. The number of fused-ring (bicyclic) bond motifs is 1.